The minimum Gasteiger partial charge on any atom is -0.497 e. The SMILES string of the molecule is COc1ccc(C(=O)N2Cc3c(cc(OC)c(OC)c3OC)C2=O)cc1. The van der Waals surface area contributed by atoms with Gasteiger partial charge in [-0.3, -0.25) is 14.5 Å². The Morgan fingerprint density at radius 3 is 2.12 bits per heavy atom. The van der Waals surface area contributed by atoms with Crippen molar-refractivity contribution in [2.24, 2.45) is 0 Å². The highest BCUT2D eigenvalue weighted by Gasteiger charge is 2.37. The van der Waals surface area contributed by atoms with Crippen molar-refractivity contribution in [3.05, 3.63) is 47.0 Å². The molecule has 1 heterocycles. The molecule has 0 fully saturated rings. The van der Waals surface area contributed by atoms with Gasteiger partial charge < -0.3 is 18.9 Å². The van der Waals surface area contributed by atoms with Crippen LogP contribution in [0.3, 0.4) is 0 Å². The molecule has 0 radical (unpaired) electrons. The molecule has 1 aliphatic rings. The molecule has 0 aromatic heterocycles. The third-order valence-electron chi connectivity index (χ3n) is 4.31. The second-order valence-corrected chi connectivity index (χ2v) is 5.60. The number of hydrogen-bond donors (Lipinski definition) is 0. The summed E-state index contributed by atoms with van der Waals surface area (Å²) < 4.78 is 21.1. The van der Waals surface area contributed by atoms with E-state index in [9.17, 15) is 9.59 Å². The lowest BCUT2D eigenvalue weighted by atomic mass is 10.1. The van der Waals surface area contributed by atoms with Gasteiger partial charge in [0.2, 0.25) is 5.75 Å². The highest BCUT2D eigenvalue weighted by molar-refractivity contribution is 6.13. The number of methoxy groups -OCH3 is 4. The minimum absolute atomic E-state index is 0.0998. The summed E-state index contributed by atoms with van der Waals surface area (Å²) in [7, 11) is 5.99. The van der Waals surface area contributed by atoms with E-state index in [1.54, 1.807) is 37.4 Å². The standard InChI is InChI=1S/C19H19NO6/c1-23-12-7-5-11(6-8-12)18(21)20-10-14-13(19(20)22)9-15(24-2)17(26-4)16(14)25-3/h5-9H,10H2,1-4H3. The van der Waals surface area contributed by atoms with Crippen LogP contribution in [0, 0.1) is 0 Å². The lowest BCUT2D eigenvalue weighted by Gasteiger charge is -2.15. The Bertz CT molecular complexity index is 859. The molecule has 2 aromatic rings. The zero-order valence-electron chi connectivity index (χ0n) is 15.0. The van der Waals surface area contributed by atoms with Crippen LogP contribution in [0.4, 0.5) is 0 Å². The Morgan fingerprint density at radius 2 is 1.58 bits per heavy atom. The summed E-state index contributed by atoms with van der Waals surface area (Å²) in [5.74, 6) is 0.985. The van der Waals surface area contributed by atoms with Crippen LogP contribution in [0.5, 0.6) is 23.0 Å². The summed E-state index contributed by atoms with van der Waals surface area (Å²) in [6, 6.07) is 8.16. The number of benzene rings is 2. The van der Waals surface area contributed by atoms with Crippen molar-refractivity contribution in [1.82, 2.24) is 4.90 Å². The van der Waals surface area contributed by atoms with Crippen molar-refractivity contribution in [2.75, 3.05) is 28.4 Å². The topological polar surface area (TPSA) is 74.3 Å². The first-order chi connectivity index (χ1) is 12.5. The maximum atomic E-state index is 12.8. The van der Waals surface area contributed by atoms with Gasteiger partial charge in [0.1, 0.15) is 5.75 Å². The third-order valence-corrected chi connectivity index (χ3v) is 4.31. The summed E-state index contributed by atoms with van der Waals surface area (Å²) in [5, 5.41) is 0. The Kier molecular flexibility index (Phi) is 4.71. The molecule has 3 rings (SSSR count). The molecular weight excluding hydrogens is 338 g/mol. The highest BCUT2D eigenvalue weighted by atomic mass is 16.5. The number of carbonyl (C=O) groups excluding carboxylic acids is 2. The summed E-state index contributed by atoms with van der Waals surface area (Å²) >= 11 is 0. The van der Waals surface area contributed by atoms with Crippen molar-refractivity contribution in [1.29, 1.82) is 0 Å². The number of imide groups is 1. The third kappa shape index (κ3) is 2.71. The van der Waals surface area contributed by atoms with Crippen molar-refractivity contribution < 1.29 is 28.5 Å². The van der Waals surface area contributed by atoms with E-state index < -0.39 is 11.8 Å². The Balaban J connectivity index is 1.99. The average molecular weight is 357 g/mol. The second-order valence-electron chi connectivity index (χ2n) is 5.60. The van der Waals surface area contributed by atoms with Crippen LogP contribution in [0.1, 0.15) is 26.3 Å². The van der Waals surface area contributed by atoms with Gasteiger partial charge in [-0.2, -0.15) is 0 Å². The monoisotopic (exact) mass is 357 g/mol. The molecule has 7 heteroatoms. The number of ether oxygens (including phenoxy) is 4. The van der Waals surface area contributed by atoms with E-state index in [4.69, 9.17) is 18.9 Å². The predicted octanol–water partition coefficient (Wildman–Crippen LogP) is 2.52. The number of hydrogen-bond acceptors (Lipinski definition) is 6. The van der Waals surface area contributed by atoms with Gasteiger partial charge in [0.25, 0.3) is 11.8 Å². The molecule has 0 spiro atoms. The van der Waals surface area contributed by atoms with E-state index >= 15 is 0 Å². The van der Waals surface area contributed by atoms with Crippen LogP contribution < -0.4 is 18.9 Å². The number of rotatable bonds is 5. The number of amides is 2. The quantitative estimate of drug-likeness (QED) is 0.766. The fourth-order valence-electron chi connectivity index (χ4n) is 2.99. The number of fused-ring (bicyclic) bond motifs is 1. The van der Waals surface area contributed by atoms with Gasteiger partial charge >= 0.3 is 0 Å². The molecule has 136 valence electrons. The molecule has 7 nitrogen and oxygen atoms in total. The van der Waals surface area contributed by atoms with Crippen molar-refractivity contribution in [3.8, 4) is 23.0 Å². The molecule has 0 atom stereocenters. The molecule has 0 unspecified atom stereocenters. The first kappa shape index (κ1) is 17.6. The molecular formula is C19H19NO6. The van der Waals surface area contributed by atoms with Crippen LogP contribution in [-0.4, -0.2) is 45.2 Å². The van der Waals surface area contributed by atoms with Gasteiger partial charge in [-0.15, -0.1) is 0 Å². The first-order valence-corrected chi connectivity index (χ1v) is 7.87. The van der Waals surface area contributed by atoms with E-state index in [0.29, 0.717) is 39.7 Å². The average Bonchev–Trinajstić information content (AvgIpc) is 3.02. The molecule has 0 saturated carbocycles. The molecule has 2 aromatic carbocycles. The van der Waals surface area contributed by atoms with Gasteiger partial charge in [0.15, 0.2) is 11.5 Å². The predicted molar refractivity (Wildman–Crippen MR) is 93.3 cm³/mol. The minimum atomic E-state index is -0.403. The maximum Gasteiger partial charge on any atom is 0.261 e. The largest absolute Gasteiger partial charge is 0.497 e. The normalized spacial score (nSPS) is 12.6. The van der Waals surface area contributed by atoms with E-state index in [-0.39, 0.29) is 6.54 Å². The molecule has 0 N–H and O–H groups in total. The van der Waals surface area contributed by atoms with Crippen molar-refractivity contribution >= 4 is 11.8 Å². The van der Waals surface area contributed by atoms with Crippen LogP contribution in [0.2, 0.25) is 0 Å². The Labute approximate surface area is 151 Å². The summed E-state index contributed by atoms with van der Waals surface area (Å²) in [6.45, 7) is 0.0998. The maximum absolute atomic E-state index is 12.8. The molecule has 0 aliphatic carbocycles. The smallest absolute Gasteiger partial charge is 0.261 e. The lowest BCUT2D eigenvalue weighted by molar-refractivity contribution is 0.0630. The molecule has 1 aliphatic heterocycles. The van der Waals surface area contributed by atoms with E-state index in [2.05, 4.69) is 0 Å². The number of carbonyl (C=O) groups is 2. The van der Waals surface area contributed by atoms with E-state index in [0.717, 1.165) is 0 Å². The van der Waals surface area contributed by atoms with Crippen LogP contribution >= 0.6 is 0 Å². The van der Waals surface area contributed by atoms with Crippen LogP contribution in [-0.2, 0) is 6.54 Å². The van der Waals surface area contributed by atoms with Crippen LogP contribution in [0.15, 0.2) is 30.3 Å². The zero-order chi connectivity index (χ0) is 18.8. The van der Waals surface area contributed by atoms with Crippen molar-refractivity contribution in [2.45, 2.75) is 6.54 Å². The fourth-order valence-corrected chi connectivity index (χ4v) is 2.99. The zero-order valence-corrected chi connectivity index (χ0v) is 15.0. The molecule has 26 heavy (non-hydrogen) atoms. The molecule has 0 bridgehead atoms. The van der Waals surface area contributed by atoms with Gasteiger partial charge in [-0.1, -0.05) is 0 Å². The van der Waals surface area contributed by atoms with Crippen LogP contribution in [0.25, 0.3) is 0 Å². The Morgan fingerprint density at radius 1 is 0.923 bits per heavy atom. The summed E-state index contributed by atoms with van der Waals surface area (Å²) in [5.41, 5.74) is 1.35. The highest BCUT2D eigenvalue weighted by Crippen LogP contribution is 2.45. The van der Waals surface area contributed by atoms with Gasteiger partial charge in [-0.25, -0.2) is 0 Å². The summed E-state index contributed by atoms with van der Waals surface area (Å²) in [6.07, 6.45) is 0. The summed E-state index contributed by atoms with van der Waals surface area (Å²) in [4.78, 5) is 26.8. The van der Waals surface area contributed by atoms with Crippen molar-refractivity contribution in [3.63, 3.8) is 0 Å². The van der Waals surface area contributed by atoms with Gasteiger partial charge in [0, 0.05) is 11.1 Å². The fraction of sp³-hybridized carbons (Fsp3) is 0.263. The van der Waals surface area contributed by atoms with E-state index in [1.807, 2.05) is 0 Å². The first-order valence-electron chi connectivity index (χ1n) is 7.87. The molecule has 2 amide bonds. The van der Waals surface area contributed by atoms with Gasteiger partial charge in [0.05, 0.1) is 40.5 Å². The Hall–Kier alpha value is -3.22. The second kappa shape index (κ2) is 6.95. The lowest BCUT2D eigenvalue weighted by Crippen LogP contribution is -2.31. The molecule has 0 saturated heterocycles. The number of nitrogens with zero attached hydrogens (tertiary/aromatic N) is 1. The van der Waals surface area contributed by atoms with Gasteiger partial charge in [-0.05, 0) is 30.3 Å². The van der Waals surface area contributed by atoms with E-state index in [1.165, 1.54) is 26.2 Å².